The molecule has 82 valence electrons. The zero-order valence-corrected chi connectivity index (χ0v) is 8.84. The van der Waals surface area contributed by atoms with Gasteiger partial charge >= 0.3 is 0 Å². The van der Waals surface area contributed by atoms with E-state index in [9.17, 15) is 4.79 Å². The van der Waals surface area contributed by atoms with E-state index in [0.29, 0.717) is 6.42 Å². The van der Waals surface area contributed by atoms with Crippen molar-refractivity contribution in [2.24, 2.45) is 5.92 Å². The van der Waals surface area contributed by atoms with Crippen LogP contribution in [0.5, 0.6) is 0 Å². The monoisotopic (exact) mass is 200 g/mol. The molecule has 0 unspecified atom stereocenters. The Hall–Kier alpha value is -0.610. The Balaban J connectivity index is 1.94. The van der Waals surface area contributed by atoms with Crippen molar-refractivity contribution < 1.29 is 9.53 Å². The lowest BCUT2D eigenvalue weighted by Crippen LogP contribution is -2.30. The van der Waals surface area contributed by atoms with Crippen LogP contribution in [0, 0.1) is 5.92 Å². The molecule has 0 aromatic heterocycles. The first kappa shape index (κ1) is 11.5. The number of ether oxygens (including phenoxy) is 1. The molecule has 0 aliphatic carbocycles. The summed E-state index contributed by atoms with van der Waals surface area (Å²) in [6.45, 7) is 3.57. The van der Waals surface area contributed by atoms with Crippen LogP contribution in [-0.2, 0) is 9.53 Å². The van der Waals surface area contributed by atoms with E-state index in [4.69, 9.17) is 4.74 Å². The van der Waals surface area contributed by atoms with Gasteiger partial charge in [0.05, 0.1) is 0 Å². The highest BCUT2D eigenvalue weighted by Gasteiger charge is 2.12. The van der Waals surface area contributed by atoms with E-state index in [-0.39, 0.29) is 5.91 Å². The summed E-state index contributed by atoms with van der Waals surface area (Å²) in [6.07, 6.45) is 2.86. The van der Waals surface area contributed by atoms with Crippen molar-refractivity contribution in [3.8, 4) is 0 Å². The summed E-state index contributed by atoms with van der Waals surface area (Å²) in [5.74, 6) is 0.831. The Morgan fingerprint density at radius 3 is 2.79 bits per heavy atom. The third kappa shape index (κ3) is 4.58. The molecule has 4 heteroatoms. The highest BCUT2D eigenvalue weighted by molar-refractivity contribution is 5.75. The number of carbonyl (C=O) groups is 1. The van der Waals surface area contributed by atoms with Crippen molar-refractivity contribution in [1.29, 1.82) is 0 Å². The molecule has 0 saturated carbocycles. The number of rotatable bonds is 5. The van der Waals surface area contributed by atoms with Crippen LogP contribution in [0.1, 0.15) is 19.3 Å². The van der Waals surface area contributed by atoms with E-state index in [2.05, 4.69) is 10.6 Å². The molecule has 1 fully saturated rings. The fraction of sp³-hybridized carbons (Fsp3) is 0.900. The molecule has 0 atom stereocenters. The van der Waals surface area contributed by atoms with Gasteiger partial charge in [-0.25, -0.2) is 0 Å². The number of carbonyl (C=O) groups excluding carboxylic acids is 1. The maximum absolute atomic E-state index is 10.9. The second-order valence-electron chi connectivity index (χ2n) is 3.68. The lowest BCUT2D eigenvalue weighted by Gasteiger charge is -2.22. The van der Waals surface area contributed by atoms with Crippen LogP contribution in [0.4, 0.5) is 0 Å². The first-order chi connectivity index (χ1) is 6.83. The van der Waals surface area contributed by atoms with Gasteiger partial charge in [-0.1, -0.05) is 0 Å². The topological polar surface area (TPSA) is 50.4 Å². The molecule has 0 bridgehead atoms. The molecule has 14 heavy (non-hydrogen) atoms. The quantitative estimate of drug-likeness (QED) is 0.621. The minimum atomic E-state index is 0.101. The van der Waals surface area contributed by atoms with Gasteiger partial charge in [-0.15, -0.1) is 0 Å². The summed E-state index contributed by atoms with van der Waals surface area (Å²) in [4.78, 5) is 10.9. The van der Waals surface area contributed by atoms with Gasteiger partial charge in [0.2, 0.25) is 5.91 Å². The first-order valence-electron chi connectivity index (χ1n) is 5.32. The fourth-order valence-electron chi connectivity index (χ4n) is 1.58. The van der Waals surface area contributed by atoms with Crippen molar-refractivity contribution >= 4 is 5.91 Å². The molecule has 1 aliphatic rings. The summed E-state index contributed by atoms with van der Waals surface area (Å²) in [7, 11) is 1.67. The molecule has 1 saturated heterocycles. The molecule has 1 rings (SSSR count). The lowest BCUT2D eigenvalue weighted by molar-refractivity contribution is -0.120. The minimum absolute atomic E-state index is 0.101. The molecular weight excluding hydrogens is 180 g/mol. The molecular formula is C10H20N2O2. The van der Waals surface area contributed by atoms with Crippen LogP contribution >= 0.6 is 0 Å². The average Bonchev–Trinajstić information content (AvgIpc) is 2.25. The van der Waals surface area contributed by atoms with Crippen LogP contribution in [0.2, 0.25) is 0 Å². The third-order valence-corrected chi connectivity index (χ3v) is 2.58. The highest BCUT2D eigenvalue weighted by atomic mass is 16.5. The van der Waals surface area contributed by atoms with Gasteiger partial charge < -0.3 is 15.4 Å². The van der Waals surface area contributed by atoms with Crippen molar-refractivity contribution in [2.45, 2.75) is 19.3 Å². The minimum Gasteiger partial charge on any atom is -0.381 e. The normalized spacial score (nSPS) is 18.1. The van der Waals surface area contributed by atoms with E-state index in [1.54, 1.807) is 7.05 Å². The SMILES string of the molecule is CNC(=O)CCNCC1CCOCC1. The standard InChI is InChI=1S/C10H20N2O2/c1-11-10(13)2-5-12-8-9-3-6-14-7-4-9/h9,12H,2-8H2,1H3,(H,11,13). The molecule has 1 aliphatic heterocycles. The largest absolute Gasteiger partial charge is 0.381 e. The Morgan fingerprint density at radius 1 is 1.43 bits per heavy atom. The van der Waals surface area contributed by atoms with Crippen LogP contribution < -0.4 is 10.6 Å². The van der Waals surface area contributed by atoms with Gasteiger partial charge in [0, 0.05) is 33.2 Å². The van der Waals surface area contributed by atoms with Crippen LogP contribution in [0.15, 0.2) is 0 Å². The second-order valence-corrected chi connectivity index (χ2v) is 3.68. The van der Waals surface area contributed by atoms with Crippen molar-refractivity contribution in [2.75, 3.05) is 33.4 Å². The van der Waals surface area contributed by atoms with Gasteiger partial charge in [0.25, 0.3) is 0 Å². The Bertz CT molecular complexity index is 168. The molecule has 0 aromatic rings. The lowest BCUT2D eigenvalue weighted by atomic mass is 10.0. The van der Waals surface area contributed by atoms with Gasteiger partial charge in [-0.3, -0.25) is 4.79 Å². The average molecular weight is 200 g/mol. The van der Waals surface area contributed by atoms with Crippen molar-refractivity contribution in [3.63, 3.8) is 0 Å². The smallest absolute Gasteiger partial charge is 0.221 e. The summed E-state index contributed by atoms with van der Waals surface area (Å²) >= 11 is 0. The zero-order valence-electron chi connectivity index (χ0n) is 8.84. The molecule has 2 N–H and O–H groups in total. The zero-order chi connectivity index (χ0) is 10.2. The van der Waals surface area contributed by atoms with Gasteiger partial charge in [0.1, 0.15) is 0 Å². The summed E-state index contributed by atoms with van der Waals surface area (Å²) in [6, 6.07) is 0. The predicted octanol–water partition coefficient (Wildman–Crippen LogP) is 0.139. The van der Waals surface area contributed by atoms with Crippen LogP contribution in [0.25, 0.3) is 0 Å². The van der Waals surface area contributed by atoms with E-state index in [1.807, 2.05) is 0 Å². The molecule has 1 amide bonds. The molecule has 0 spiro atoms. The summed E-state index contributed by atoms with van der Waals surface area (Å²) < 4.78 is 5.27. The Kier molecular flexibility index (Phi) is 5.56. The van der Waals surface area contributed by atoms with Gasteiger partial charge in [0.15, 0.2) is 0 Å². The van der Waals surface area contributed by atoms with Crippen LogP contribution in [0.3, 0.4) is 0 Å². The van der Waals surface area contributed by atoms with E-state index in [0.717, 1.165) is 45.1 Å². The predicted molar refractivity (Wildman–Crippen MR) is 55.1 cm³/mol. The molecule has 0 radical (unpaired) electrons. The van der Waals surface area contributed by atoms with Crippen LogP contribution in [-0.4, -0.2) is 39.3 Å². The van der Waals surface area contributed by atoms with Gasteiger partial charge in [-0.05, 0) is 25.3 Å². The van der Waals surface area contributed by atoms with E-state index < -0.39 is 0 Å². The number of amides is 1. The maximum atomic E-state index is 10.9. The number of nitrogens with one attached hydrogen (secondary N) is 2. The molecule has 0 aromatic carbocycles. The van der Waals surface area contributed by atoms with E-state index in [1.165, 1.54) is 0 Å². The Labute approximate surface area is 85.4 Å². The Morgan fingerprint density at radius 2 is 2.14 bits per heavy atom. The van der Waals surface area contributed by atoms with Crippen molar-refractivity contribution in [3.05, 3.63) is 0 Å². The van der Waals surface area contributed by atoms with Crippen molar-refractivity contribution in [1.82, 2.24) is 10.6 Å². The summed E-state index contributed by atoms with van der Waals surface area (Å²) in [5, 5.41) is 5.91. The maximum Gasteiger partial charge on any atom is 0.221 e. The highest BCUT2D eigenvalue weighted by Crippen LogP contribution is 2.12. The first-order valence-corrected chi connectivity index (χ1v) is 5.32. The third-order valence-electron chi connectivity index (χ3n) is 2.58. The number of hydrogen-bond donors (Lipinski definition) is 2. The second kappa shape index (κ2) is 6.79. The fourth-order valence-corrected chi connectivity index (χ4v) is 1.58. The molecule has 1 heterocycles. The number of hydrogen-bond acceptors (Lipinski definition) is 3. The summed E-state index contributed by atoms with van der Waals surface area (Å²) in [5.41, 5.74) is 0. The van der Waals surface area contributed by atoms with E-state index >= 15 is 0 Å². The molecule has 4 nitrogen and oxygen atoms in total. The van der Waals surface area contributed by atoms with Gasteiger partial charge in [-0.2, -0.15) is 0 Å².